The van der Waals surface area contributed by atoms with Crippen LogP contribution >= 0.6 is 0 Å². The molecule has 0 unspecified atom stereocenters. The molecular formula is C26H39NO3S. The Morgan fingerprint density at radius 2 is 1.39 bits per heavy atom. The van der Waals surface area contributed by atoms with Gasteiger partial charge in [-0.1, -0.05) is 83.8 Å². The van der Waals surface area contributed by atoms with Crippen LogP contribution < -0.4 is 9.46 Å². The minimum atomic E-state index is -3.61. The molecule has 0 bridgehead atoms. The van der Waals surface area contributed by atoms with Crippen LogP contribution in [0, 0.1) is 0 Å². The van der Waals surface area contributed by atoms with E-state index in [1.165, 1.54) is 57.8 Å². The predicted molar refractivity (Wildman–Crippen MR) is 130 cm³/mol. The Morgan fingerprint density at radius 3 is 2.00 bits per heavy atom. The van der Waals surface area contributed by atoms with Crippen molar-refractivity contribution in [2.45, 2.75) is 89.4 Å². The molecule has 0 amide bonds. The first kappa shape index (κ1) is 25.3. The fraction of sp³-hybridized carbons (Fsp3) is 0.538. The SMILES string of the molecule is CCCCCCCCCCCCOc1ccc(S(=O)(=O)Nc2cccc(CC)c2)cc1. The molecule has 0 aliphatic rings. The van der Waals surface area contributed by atoms with Gasteiger partial charge in [0, 0.05) is 5.69 Å². The number of sulfonamides is 1. The maximum absolute atomic E-state index is 12.6. The van der Waals surface area contributed by atoms with E-state index in [4.69, 9.17) is 4.74 Å². The lowest BCUT2D eigenvalue weighted by Gasteiger charge is -2.10. The Bertz CT molecular complexity index is 847. The van der Waals surface area contributed by atoms with E-state index < -0.39 is 10.0 Å². The summed E-state index contributed by atoms with van der Waals surface area (Å²) in [6, 6.07) is 14.1. The van der Waals surface area contributed by atoms with Gasteiger partial charge in [-0.3, -0.25) is 4.72 Å². The lowest BCUT2D eigenvalue weighted by atomic mass is 10.1. The number of aryl methyl sites for hydroxylation is 1. The summed E-state index contributed by atoms with van der Waals surface area (Å²) in [5.41, 5.74) is 1.68. The summed E-state index contributed by atoms with van der Waals surface area (Å²) in [6.45, 7) is 4.97. The molecule has 0 spiro atoms. The number of benzene rings is 2. The molecule has 0 saturated carbocycles. The minimum Gasteiger partial charge on any atom is -0.494 e. The fourth-order valence-corrected chi connectivity index (χ4v) is 4.61. The molecule has 5 heteroatoms. The van der Waals surface area contributed by atoms with Crippen LogP contribution in [0.15, 0.2) is 53.4 Å². The van der Waals surface area contributed by atoms with E-state index in [0.717, 1.165) is 18.4 Å². The molecule has 2 aromatic carbocycles. The molecule has 31 heavy (non-hydrogen) atoms. The maximum atomic E-state index is 12.6. The zero-order valence-electron chi connectivity index (χ0n) is 19.2. The van der Waals surface area contributed by atoms with Crippen molar-refractivity contribution in [1.82, 2.24) is 0 Å². The smallest absolute Gasteiger partial charge is 0.261 e. The van der Waals surface area contributed by atoms with Crippen LogP contribution in [0.3, 0.4) is 0 Å². The monoisotopic (exact) mass is 445 g/mol. The van der Waals surface area contributed by atoms with E-state index in [-0.39, 0.29) is 4.90 Å². The number of nitrogens with one attached hydrogen (secondary N) is 1. The number of hydrogen-bond acceptors (Lipinski definition) is 3. The molecule has 2 rings (SSSR count). The van der Waals surface area contributed by atoms with Gasteiger partial charge >= 0.3 is 0 Å². The minimum absolute atomic E-state index is 0.237. The highest BCUT2D eigenvalue weighted by Gasteiger charge is 2.14. The molecule has 1 N–H and O–H groups in total. The van der Waals surface area contributed by atoms with Crippen molar-refractivity contribution in [1.29, 1.82) is 0 Å². The molecule has 2 aromatic rings. The normalized spacial score (nSPS) is 11.4. The molecule has 0 radical (unpaired) electrons. The van der Waals surface area contributed by atoms with Crippen molar-refractivity contribution < 1.29 is 13.2 Å². The molecule has 0 aliphatic carbocycles. The molecule has 0 atom stereocenters. The largest absolute Gasteiger partial charge is 0.494 e. The van der Waals surface area contributed by atoms with Crippen molar-refractivity contribution in [3.63, 3.8) is 0 Å². The Labute approximate surface area is 189 Å². The molecule has 172 valence electrons. The quantitative estimate of drug-likeness (QED) is 0.275. The lowest BCUT2D eigenvalue weighted by Crippen LogP contribution is -2.13. The van der Waals surface area contributed by atoms with Crippen LogP contribution in [0.25, 0.3) is 0 Å². The number of rotatable bonds is 16. The average Bonchev–Trinajstić information content (AvgIpc) is 2.77. The highest BCUT2D eigenvalue weighted by atomic mass is 32.2. The van der Waals surface area contributed by atoms with E-state index in [1.54, 1.807) is 30.3 Å². The highest BCUT2D eigenvalue weighted by Crippen LogP contribution is 2.20. The Hall–Kier alpha value is -2.01. The van der Waals surface area contributed by atoms with Gasteiger partial charge in [-0.25, -0.2) is 8.42 Å². The van der Waals surface area contributed by atoms with Gasteiger partial charge in [0.25, 0.3) is 10.0 Å². The van der Waals surface area contributed by atoms with E-state index in [9.17, 15) is 8.42 Å². The van der Waals surface area contributed by atoms with E-state index in [1.807, 2.05) is 25.1 Å². The standard InChI is InChI=1S/C26H39NO3S/c1-3-5-6-7-8-9-10-11-12-13-21-30-25-17-19-26(20-18-25)31(28,29)27-24-16-14-15-23(4-2)22-24/h14-20,22,27H,3-13,21H2,1-2H3. The zero-order valence-corrected chi connectivity index (χ0v) is 20.1. The van der Waals surface area contributed by atoms with Crippen molar-refractivity contribution in [2.24, 2.45) is 0 Å². The van der Waals surface area contributed by atoms with Crippen molar-refractivity contribution in [2.75, 3.05) is 11.3 Å². The van der Waals surface area contributed by atoms with Crippen LogP contribution in [-0.4, -0.2) is 15.0 Å². The van der Waals surface area contributed by atoms with Gasteiger partial charge in [0.2, 0.25) is 0 Å². The zero-order chi connectivity index (χ0) is 22.4. The predicted octanol–water partition coefficient (Wildman–Crippen LogP) is 7.35. The summed E-state index contributed by atoms with van der Waals surface area (Å²) in [5, 5.41) is 0. The Morgan fingerprint density at radius 1 is 0.774 bits per heavy atom. The first-order chi connectivity index (χ1) is 15.0. The summed E-state index contributed by atoms with van der Waals surface area (Å²) < 4.78 is 33.7. The van der Waals surface area contributed by atoms with E-state index >= 15 is 0 Å². The van der Waals surface area contributed by atoms with Gasteiger partial charge in [-0.2, -0.15) is 0 Å². The van der Waals surface area contributed by atoms with Crippen molar-refractivity contribution in [3.8, 4) is 5.75 Å². The third kappa shape index (κ3) is 9.77. The second-order valence-corrected chi connectivity index (χ2v) is 9.84. The molecule has 4 nitrogen and oxygen atoms in total. The second kappa shape index (κ2) is 14.1. The van der Waals surface area contributed by atoms with Crippen molar-refractivity contribution in [3.05, 3.63) is 54.1 Å². The van der Waals surface area contributed by atoms with E-state index in [0.29, 0.717) is 18.0 Å². The average molecular weight is 446 g/mol. The van der Waals surface area contributed by atoms with Gasteiger partial charge in [-0.05, 0) is 54.8 Å². The van der Waals surface area contributed by atoms with E-state index in [2.05, 4.69) is 11.6 Å². The second-order valence-electron chi connectivity index (χ2n) is 8.16. The summed E-state index contributed by atoms with van der Waals surface area (Å²) in [5.74, 6) is 0.711. The maximum Gasteiger partial charge on any atom is 0.261 e. The van der Waals surface area contributed by atoms with Crippen LogP contribution in [-0.2, 0) is 16.4 Å². The van der Waals surface area contributed by atoms with Gasteiger partial charge in [0.15, 0.2) is 0 Å². The third-order valence-electron chi connectivity index (χ3n) is 5.49. The highest BCUT2D eigenvalue weighted by molar-refractivity contribution is 7.92. The number of ether oxygens (including phenoxy) is 1. The van der Waals surface area contributed by atoms with Crippen LogP contribution in [0.4, 0.5) is 5.69 Å². The van der Waals surface area contributed by atoms with Gasteiger partial charge in [-0.15, -0.1) is 0 Å². The fourth-order valence-electron chi connectivity index (χ4n) is 3.56. The first-order valence-corrected chi connectivity index (χ1v) is 13.4. The first-order valence-electron chi connectivity index (χ1n) is 11.9. The van der Waals surface area contributed by atoms with Crippen LogP contribution in [0.1, 0.15) is 83.6 Å². The topological polar surface area (TPSA) is 55.4 Å². The molecule has 0 aromatic heterocycles. The Balaban J connectivity index is 1.67. The lowest BCUT2D eigenvalue weighted by molar-refractivity contribution is 0.304. The summed E-state index contributed by atoms with van der Waals surface area (Å²) in [7, 11) is -3.61. The summed E-state index contributed by atoms with van der Waals surface area (Å²) in [6.07, 6.45) is 13.8. The third-order valence-corrected chi connectivity index (χ3v) is 6.89. The number of unbranched alkanes of at least 4 members (excludes halogenated alkanes) is 9. The summed E-state index contributed by atoms with van der Waals surface area (Å²) in [4.78, 5) is 0.237. The molecule has 0 fully saturated rings. The molecule has 0 aliphatic heterocycles. The van der Waals surface area contributed by atoms with Gasteiger partial charge in [0.05, 0.1) is 11.5 Å². The Kier molecular flexibility index (Phi) is 11.5. The molecule has 0 saturated heterocycles. The van der Waals surface area contributed by atoms with Gasteiger partial charge in [0.1, 0.15) is 5.75 Å². The van der Waals surface area contributed by atoms with Gasteiger partial charge < -0.3 is 4.74 Å². The molecular weight excluding hydrogens is 406 g/mol. The van der Waals surface area contributed by atoms with Crippen LogP contribution in [0.5, 0.6) is 5.75 Å². The summed E-state index contributed by atoms with van der Waals surface area (Å²) >= 11 is 0. The molecule has 0 heterocycles. The number of hydrogen-bond donors (Lipinski definition) is 1. The van der Waals surface area contributed by atoms with Crippen LogP contribution in [0.2, 0.25) is 0 Å². The number of anilines is 1. The van der Waals surface area contributed by atoms with Crippen molar-refractivity contribution >= 4 is 15.7 Å².